The fourth-order valence-electron chi connectivity index (χ4n) is 2.19. The Labute approximate surface area is 121 Å². The SMILES string of the molecule is CC(O)(Cc1ccccc1)Cc1cc(F)ccc1Br. The zero-order valence-electron chi connectivity index (χ0n) is 10.7. The number of halogens is 2. The van der Waals surface area contributed by atoms with E-state index in [0.29, 0.717) is 12.8 Å². The second-order valence-electron chi connectivity index (χ2n) is 5.07. The third-order valence-electron chi connectivity index (χ3n) is 3.01. The third-order valence-corrected chi connectivity index (χ3v) is 3.78. The molecule has 3 heteroatoms. The summed E-state index contributed by atoms with van der Waals surface area (Å²) in [5.74, 6) is -0.284. The molecule has 1 N–H and O–H groups in total. The zero-order chi connectivity index (χ0) is 13.9. The average molecular weight is 323 g/mol. The van der Waals surface area contributed by atoms with E-state index in [4.69, 9.17) is 0 Å². The van der Waals surface area contributed by atoms with Crippen LogP contribution < -0.4 is 0 Å². The Bertz CT molecular complexity index is 552. The first-order valence-electron chi connectivity index (χ1n) is 6.16. The molecule has 0 heterocycles. The Morgan fingerprint density at radius 3 is 2.47 bits per heavy atom. The summed E-state index contributed by atoms with van der Waals surface area (Å²) in [5.41, 5.74) is 0.943. The number of rotatable bonds is 4. The molecular formula is C16H16BrFO. The van der Waals surface area contributed by atoms with Gasteiger partial charge in [0.05, 0.1) is 5.60 Å². The molecular weight excluding hydrogens is 307 g/mol. The van der Waals surface area contributed by atoms with Crippen LogP contribution in [0, 0.1) is 5.82 Å². The van der Waals surface area contributed by atoms with Gasteiger partial charge in [0.15, 0.2) is 0 Å². The molecule has 2 aromatic carbocycles. The van der Waals surface area contributed by atoms with Gasteiger partial charge in [-0.1, -0.05) is 46.3 Å². The fraction of sp³-hybridized carbons (Fsp3) is 0.250. The van der Waals surface area contributed by atoms with E-state index >= 15 is 0 Å². The van der Waals surface area contributed by atoms with Gasteiger partial charge in [0, 0.05) is 17.3 Å². The van der Waals surface area contributed by atoms with Gasteiger partial charge in [-0.05, 0) is 36.2 Å². The van der Waals surface area contributed by atoms with E-state index in [2.05, 4.69) is 15.9 Å². The topological polar surface area (TPSA) is 20.2 Å². The molecule has 1 nitrogen and oxygen atoms in total. The maximum atomic E-state index is 13.2. The molecule has 0 aliphatic heterocycles. The summed E-state index contributed by atoms with van der Waals surface area (Å²) in [6.45, 7) is 1.78. The molecule has 2 rings (SSSR count). The molecule has 0 fully saturated rings. The second-order valence-corrected chi connectivity index (χ2v) is 5.93. The van der Waals surface area contributed by atoms with Crippen LogP contribution >= 0.6 is 15.9 Å². The van der Waals surface area contributed by atoms with Gasteiger partial charge in [-0.25, -0.2) is 4.39 Å². The smallest absolute Gasteiger partial charge is 0.123 e. The summed E-state index contributed by atoms with van der Waals surface area (Å²) < 4.78 is 14.1. The van der Waals surface area contributed by atoms with Crippen molar-refractivity contribution in [1.29, 1.82) is 0 Å². The lowest BCUT2D eigenvalue weighted by atomic mass is 9.90. The van der Waals surface area contributed by atoms with Crippen LogP contribution in [0.25, 0.3) is 0 Å². The Hall–Kier alpha value is -1.19. The van der Waals surface area contributed by atoms with Crippen molar-refractivity contribution in [3.05, 3.63) is 69.9 Å². The zero-order valence-corrected chi connectivity index (χ0v) is 12.3. The first-order valence-corrected chi connectivity index (χ1v) is 6.96. The minimum atomic E-state index is -0.905. The molecule has 0 amide bonds. The molecule has 0 spiro atoms. The maximum Gasteiger partial charge on any atom is 0.123 e. The first-order chi connectivity index (χ1) is 8.96. The standard InChI is InChI=1S/C16H16BrFO/c1-16(19,10-12-5-3-2-4-6-12)11-13-9-14(18)7-8-15(13)17/h2-9,19H,10-11H2,1H3. The molecule has 0 bridgehead atoms. The van der Waals surface area contributed by atoms with E-state index in [1.807, 2.05) is 30.3 Å². The lowest BCUT2D eigenvalue weighted by Crippen LogP contribution is -2.30. The highest BCUT2D eigenvalue weighted by molar-refractivity contribution is 9.10. The minimum Gasteiger partial charge on any atom is -0.389 e. The van der Waals surface area contributed by atoms with Gasteiger partial charge >= 0.3 is 0 Å². The Kier molecular flexibility index (Phi) is 4.38. The van der Waals surface area contributed by atoms with Crippen molar-refractivity contribution in [3.8, 4) is 0 Å². The molecule has 0 aromatic heterocycles. The summed E-state index contributed by atoms with van der Waals surface area (Å²) in [6, 6.07) is 14.3. The van der Waals surface area contributed by atoms with Gasteiger partial charge in [0.1, 0.15) is 5.82 Å². The van der Waals surface area contributed by atoms with Crippen molar-refractivity contribution < 1.29 is 9.50 Å². The number of benzene rings is 2. The number of aliphatic hydroxyl groups is 1. The van der Waals surface area contributed by atoms with Gasteiger partial charge < -0.3 is 5.11 Å². The number of hydrogen-bond acceptors (Lipinski definition) is 1. The largest absolute Gasteiger partial charge is 0.389 e. The Morgan fingerprint density at radius 2 is 1.79 bits per heavy atom. The summed E-state index contributed by atoms with van der Waals surface area (Å²) in [4.78, 5) is 0. The molecule has 0 radical (unpaired) electrons. The van der Waals surface area contributed by atoms with Crippen LogP contribution in [0.15, 0.2) is 53.0 Å². The number of hydrogen-bond donors (Lipinski definition) is 1. The maximum absolute atomic E-state index is 13.2. The van der Waals surface area contributed by atoms with E-state index in [-0.39, 0.29) is 5.82 Å². The Balaban J connectivity index is 2.14. The molecule has 1 atom stereocenters. The van der Waals surface area contributed by atoms with E-state index < -0.39 is 5.60 Å². The van der Waals surface area contributed by atoms with Gasteiger partial charge in [0.2, 0.25) is 0 Å². The summed E-state index contributed by atoms with van der Waals surface area (Å²) in [7, 11) is 0. The van der Waals surface area contributed by atoms with E-state index in [9.17, 15) is 9.50 Å². The molecule has 2 aromatic rings. The van der Waals surface area contributed by atoms with Crippen LogP contribution in [0.2, 0.25) is 0 Å². The first kappa shape index (κ1) is 14.2. The monoisotopic (exact) mass is 322 g/mol. The molecule has 0 saturated carbocycles. The van der Waals surface area contributed by atoms with E-state index in [1.54, 1.807) is 13.0 Å². The fourth-order valence-corrected chi connectivity index (χ4v) is 2.57. The van der Waals surface area contributed by atoms with Crippen molar-refractivity contribution in [3.63, 3.8) is 0 Å². The van der Waals surface area contributed by atoms with Crippen LogP contribution in [-0.4, -0.2) is 10.7 Å². The van der Waals surface area contributed by atoms with Crippen molar-refractivity contribution in [1.82, 2.24) is 0 Å². The van der Waals surface area contributed by atoms with Crippen molar-refractivity contribution in [2.75, 3.05) is 0 Å². The van der Waals surface area contributed by atoms with Crippen LogP contribution in [0.5, 0.6) is 0 Å². The van der Waals surface area contributed by atoms with Crippen molar-refractivity contribution in [2.24, 2.45) is 0 Å². The van der Waals surface area contributed by atoms with E-state index in [0.717, 1.165) is 15.6 Å². The van der Waals surface area contributed by atoms with E-state index in [1.165, 1.54) is 12.1 Å². The third kappa shape index (κ3) is 4.15. The quantitative estimate of drug-likeness (QED) is 0.897. The minimum absolute atomic E-state index is 0.284. The highest BCUT2D eigenvalue weighted by atomic mass is 79.9. The van der Waals surface area contributed by atoms with Crippen LogP contribution in [0.3, 0.4) is 0 Å². The molecule has 0 saturated heterocycles. The van der Waals surface area contributed by atoms with Gasteiger partial charge in [-0.2, -0.15) is 0 Å². The van der Waals surface area contributed by atoms with Crippen LogP contribution in [0.4, 0.5) is 4.39 Å². The molecule has 100 valence electrons. The molecule has 0 aliphatic rings. The summed E-state index contributed by atoms with van der Waals surface area (Å²) in [5, 5.41) is 10.5. The lowest BCUT2D eigenvalue weighted by molar-refractivity contribution is 0.0606. The predicted octanol–water partition coefficient (Wildman–Crippen LogP) is 4.12. The van der Waals surface area contributed by atoms with Crippen LogP contribution in [0.1, 0.15) is 18.1 Å². The van der Waals surface area contributed by atoms with Crippen molar-refractivity contribution >= 4 is 15.9 Å². The average Bonchev–Trinajstić information content (AvgIpc) is 2.34. The van der Waals surface area contributed by atoms with Gasteiger partial charge in [-0.15, -0.1) is 0 Å². The lowest BCUT2D eigenvalue weighted by Gasteiger charge is -2.24. The van der Waals surface area contributed by atoms with Gasteiger partial charge in [0.25, 0.3) is 0 Å². The molecule has 1 unspecified atom stereocenters. The normalized spacial score (nSPS) is 14.1. The van der Waals surface area contributed by atoms with Crippen molar-refractivity contribution in [2.45, 2.75) is 25.4 Å². The summed E-state index contributed by atoms with van der Waals surface area (Å²) >= 11 is 3.39. The highest BCUT2D eigenvalue weighted by Gasteiger charge is 2.22. The highest BCUT2D eigenvalue weighted by Crippen LogP contribution is 2.25. The second kappa shape index (κ2) is 5.85. The predicted molar refractivity (Wildman–Crippen MR) is 78.6 cm³/mol. The van der Waals surface area contributed by atoms with Crippen LogP contribution in [-0.2, 0) is 12.8 Å². The van der Waals surface area contributed by atoms with Gasteiger partial charge in [-0.3, -0.25) is 0 Å². The summed E-state index contributed by atoms with van der Waals surface area (Å²) in [6.07, 6.45) is 0.941. The molecule has 19 heavy (non-hydrogen) atoms. The Morgan fingerprint density at radius 1 is 1.11 bits per heavy atom. The molecule has 0 aliphatic carbocycles.